The molecule has 2 aromatic rings. The van der Waals surface area contributed by atoms with Crippen molar-refractivity contribution in [2.75, 3.05) is 27.2 Å². The second-order valence-corrected chi connectivity index (χ2v) is 7.36. The number of nitrogens with zero attached hydrogens (tertiary/aromatic N) is 5. The van der Waals surface area contributed by atoms with E-state index < -0.39 is 0 Å². The first-order valence-corrected chi connectivity index (χ1v) is 9.31. The molecule has 7 heteroatoms. The van der Waals surface area contributed by atoms with Crippen LogP contribution in [0.15, 0.2) is 17.0 Å². The standard InChI is InChI=1S/C19H29N5O2/c1-6-16-17(13(2)21-26-16)19(25)23(4)11-14-8-7-9-22(3)18(14)15-10-20-12-24(15)5/h10,12,14,18H,6-9,11H2,1-5H3/t14-,18+/m0/s1. The van der Waals surface area contributed by atoms with Gasteiger partial charge in [0.15, 0.2) is 0 Å². The van der Waals surface area contributed by atoms with Crippen molar-refractivity contribution in [3.63, 3.8) is 0 Å². The highest BCUT2D eigenvalue weighted by atomic mass is 16.5. The fourth-order valence-electron chi connectivity index (χ4n) is 4.13. The molecule has 0 radical (unpaired) electrons. The Morgan fingerprint density at radius 3 is 2.85 bits per heavy atom. The minimum atomic E-state index is -0.00224. The lowest BCUT2D eigenvalue weighted by Gasteiger charge is -2.40. The molecular formula is C19H29N5O2. The van der Waals surface area contributed by atoms with E-state index in [0.29, 0.717) is 35.9 Å². The third-order valence-corrected chi connectivity index (χ3v) is 5.49. The lowest BCUT2D eigenvalue weighted by molar-refractivity contribution is 0.0630. The molecule has 1 aliphatic heterocycles. The van der Waals surface area contributed by atoms with Gasteiger partial charge in [0.05, 0.1) is 23.8 Å². The molecule has 1 fully saturated rings. The maximum absolute atomic E-state index is 13.0. The first kappa shape index (κ1) is 18.6. The first-order valence-electron chi connectivity index (χ1n) is 9.31. The van der Waals surface area contributed by atoms with Crippen LogP contribution < -0.4 is 0 Å². The number of hydrogen-bond donors (Lipinski definition) is 0. The number of rotatable bonds is 5. The molecule has 142 valence electrons. The Morgan fingerprint density at radius 1 is 1.42 bits per heavy atom. The molecule has 3 rings (SSSR count). The highest BCUT2D eigenvalue weighted by Crippen LogP contribution is 2.35. The molecular weight excluding hydrogens is 330 g/mol. The van der Waals surface area contributed by atoms with E-state index in [9.17, 15) is 4.79 Å². The minimum absolute atomic E-state index is 0.00224. The molecule has 2 atom stereocenters. The lowest BCUT2D eigenvalue weighted by Crippen LogP contribution is -2.43. The second kappa shape index (κ2) is 7.61. The van der Waals surface area contributed by atoms with Gasteiger partial charge in [0.25, 0.3) is 5.91 Å². The highest BCUT2D eigenvalue weighted by Gasteiger charge is 2.34. The number of carbonyl (C=O) groups is 1. The molecule has 1 aliphatic rings. The summed E-state index contributed by atoms with van der Waals surface area (Å²) < 4.78 is 7.39. The number of carbonyl (C=O) groups excluding carboxylic acids is 1. The van der Waals surface area contributed by atoms with Crippen molar-refractivity contribution in [2.24, 2.45) is 13.0 Å². The van der Waals surface area contributed by atoms with Crippen molar-refractivity contribution in [1.82, 2.24) is 24.5 Å². The molecule has 0 aromatic carbocycles. The number of hydrogen-bond acceptors (Lipinski definition) is 5. The van der Waals surface area contributed by atoms with Crippen LogP contribution in [0.1, 0.15) is 53.3 Å². The van der Waals surface area contributed by atoms with Gasteiger partial charge in [-0.15, -0.1) is 0 Å². The molecule has 0 unspecified atom stereocenters. The summed E-state index contributed by atoms with van der Waals surface area (Å²) in [4.78, 5) is 21.5. The van der Waals surface area contributed by atoms with Crippen LogP contribution in [-0.4, -0.2) is 57.6 Å². The molecule has 0 saturated carbocycles. The van der Waals surface area contributed by atoms with Crippen LogP contribution in [0.25, 0.3) is 0 Å². The van der Waals surface area contributed by atoms with E-state index in [1.807, 2.05) is 45.4 Å². The number of piperidine rings is 1. The van der Waals surface area contributed by atoms with Gasteiger partial charge in [0.1, 0.15) is 11.3 Å². The summed E-state index contributed by atoms with van der Waals surface area (Å²) in [6, 6.07) is 0.265. The molecule has 7 nitrogen and oxygen atoms in total. The third kappa shape index (κ3) is 3.40. The Bertz CT molecular complexity index is 766. The molecule has 0 N–H and O–H groups in total. The van der Waals surface area contributed by atoms with Gasteiger partial charge in [0.2, 0.25) is 0 Å². The highest BCUT2D eigenvalue weighted by molar-refractivity contribution is 5.96. The predicted molar refractivity (Wildman–Crippen MR) is 98.9 cm³/mol. The average Bonchev–Trinajstić information content (AvgIpc) is 3.20. The van der Waals surface area contributed by atoms with Gasteiger partial charge in [-0.2, -0.15) is 0 Å². The van der Waals surface area contributed by atoms with Crippen LogP contribution >= 0.6 is 0 Å². The molecule has 2 aromatic heterocycles. The maximum Gasteiger partial charge on any atom is 0.259 e. The van der Waals surface area contributed by atoms with E-state index >= 15 is 0 Å². The molecule has 26 heavy (non-hydrogen) atoms. The molecule has 0 bridgehead atoms. The number of imidazole rings is 1. The Kier molecular flexibility index (Phi) is 5.46. The van der Waals surface area contributed by atoms with E-state index in [1.54, 1.807) is 0 Å². The van der Waals surface area contributed by atoms with Crippen LogP contribution in [0.5, 0.6) is 0 Å². The van der Waals surface area contributed by atoms with Crippen molar-refractivity contribution < 1.29 is 9.32 Å². The van der Waals surface area contributed by atoms with Gasteiger partial charge in [-0.1, -0.05) is 12.1 Å². The van der Waals surface area contributed by atoms with Crippen LogP contribution in [0.4, 0.5) is 0 Å². The molecule has 3 heterocycles. The summed E-state index contributed by atoms with van der Waals surface area (Å²) in [6.45, 7) is 5.57. The van der Waals surface area contributed by atoms with Gasteiger partial charge in [-0.25, -0.2) is 4.98 Å². The van der Waals surface area contributed by atoms with Crippen LogP contribution in [0, 0.1) is 12.8 Å². The second-order valence-electron chi connectivity index (χ2n) is 7.36. The van der Waals surface area contributed by atoms with Gasteiger partial charge >= 0.3 is 0 Å². The molecule has 1 amide bonds. The maximum atomic E-state index is 13.0. The number of aryl methyl sites for hydroxylation is 3. The lowest BCUT2D eigenvalue weighted by atomic mass is 9.87. The van der Waals surface area contributed by atoms with Gasteiger partial charge in [-0.05, 0) is 39.3 Å². The van der Waals surface area contributed by atoms with Gasteiger partial charge in [-0.3, -0.25) is 9.69 Å². The van der Waals surface area contributed by atoms with Crippen LogP contribution in [0.2, 0.25) is 0 Å². The number of amides is 1. The van der Waals surface area contributed by atoms with Gasteiger partial charge in [0, 0.05) is 33.3 Å². The van der Waals surface area contributed by atoms with E-state index in [1.165, 1.54) is 5.69 Å². The summed E-state index contributed by atoms with van der Waals surface area (Å²) >= 11 is 0. The molecule has 1 saturated heterocycles. The normalized spacial score (nSPS) is 21.1. The van der Waals surface area contributed by atoms with Gasteiger partial charge < -0.3 is 14.0 Å². The van der Waals surface area contributed by atoms with Crippen molar-refractivity contribution >= 4 is 5.91 Å². The quantitative estimate of drug-likeness (QED) is 0.820. The van der Waals surface area contributed by atoms with Crippen molar-refractivity contribution in [2.45, 2.75) is 39.2 Å². The van der Waals surface area contributed by atoms with E-state index in [0.717, 1.165) is 19.4 Å². The zero-order valence-corrected chi connectivity index (χ0v) is 16.4. The molecule has 0 aliphatic carbocycles. The Balaban J connectivity index is 1.80. The Morgan fingerprint density at radius 2 is 2.19 bits per heavy atom. The fourth-order valence-corrected chi connectivity index (χ4v) is 4.13. The fraction of sp³-hybridized carbons (Fsp3) is 0.632. The van der Waals surface area contributed by atoms with Crippen molar-refractivity contribution in [3.05, 3.63) is 35.2 Å². The average molecular weight is 359 g/mol. The van der Waals surface area contributed by atoms with Crippen molar-refractivity contribution in [3.8, 4) is 0 Å². The van der Waals surface area contributed by atoms with Crippen LogP contribution in [0.3, 0.4) is 0 Å². The minimum Gasteiger partial charge on any atom is -0.360 e. The predicted octanol–water partition coefficient (Wildman–Crippen LogP) is 2.43. The van der Waals surface area contributed by atoms with Crippen molar-refractivity contribution in [1.29, 1.82) is 0 Å². The summed E-state index contributed by atoms with van der Waals surface area (Å²) in [5.74, 6) is 1.03. The largest absolute Gasteiger partial charge is 0.360 e. The Hall–Kier alpha value is -2.15. The van der Waals surface area contributed by atoms with E-state index in [-0.39, 0.29) is 11.9 Å². The zero-order chi connectivity index (χ0) is 18.8. The first-order chi connectivity index (χ1) is 12.4. The summed E-state index contributed by atoms with van der Waals surface area (Å²) in [6.07, 6.45) is 6.70. The Labute approximate surface area is 155 Å². The SMILES string of the molecule is CCc1onc(C)c1C(=O)N(C)C[C@@H]1CCCN(C)[C@H]1c1cncn1C. The third-order valence-electron chi connectivity index (χ3n) is 5.49. The topological polar surface area (TPSA) is 67.4 Å². The van der Waals surface area contributed by atoms with Crippen LogP contribution in [-0.2, 0) is 13.5 Å². The number of likely N-dealkylation sites (tertiary alicyclic amines) is 1. The monoisotopic (exact) mass is 359 g/mol. The summed E-state index contributed by atoms with van der Waals surface area (Å²) in [5.41, 5.74) is 2.49. The zero-order valence-electron chi connectivity index (χ0n) is 16.4. The smallest absolute Gasteiger partial charge is 0.259 e. The van der Waals surface area contributed by atoms with E-state index in [4.69, 9.17) is 4.52 Å². The summed E-state index contributed by atoms with van der Waals surface area (Å²) in [5, 5.41) is 3.97. The number of aromatic nitrogens is 3. The van der Waals surface area contributed by atoms with E-state index in [2.05, 4.69) is 26.7 Å². The molecule has 0 spiro atoms. The summed E-state index contributed by atoms with van der Waals surface area (Å²) in [7, 11) is 6.07.